The van der Waals surface area contributed by atoms with Gasteiger partial charge >= 0.3 is 0 Å². The zero-order valence-corrected chi connectivity index (χ0v) is 13.5. The van der Waals surface area contributed by atoms with Crippen molar-refractivity contribution in [3.8, 4) is 5.75 Å². The number of benzene rings is 2. The van der Waals surface area contributed by atoms with Crippen LogP contribution in [-0.2, 0) is 19.6 Å². The minimum atomic E-state index is 0.319. The summed E-state index contributed by atoms with van der Waals surface area (Å²) in [5.74, 6) is 0.319. The lowest BCUT2D eigenvalue weighted by Gasteiger charge is -2.18. The van der Waals surface area contributed by atoms with Crippen LogP contribution in [0.25, 0.3) is 0 Å². The maximum absolute atomic E-state index is 9.44. The summed E-state index contributed by atoms with van der Waals surface area (Å²) in [6.45, 7) is 9.18. The third kappa shape index (κ3) is 5.17. The zero-order valence-electron chi connectivity index (χ0n) is 13.5. The van der Waals surface area contributed by atoms with Crippen molar-refractivity contribution in [2.24, 2.45) is 0 Å². The van der Waals surface area contributed by atoms with Crippen molar-refractivity contribution in [3.05, 3.63) is 65.2 Å². The molecule has 118 valence electrons. The first kappa shape index (κ1) is 16.5. The van der Waals surface area contributed by atoms with Crippen LogP contribution >= 0.6 is 0 Å². The molecule has 0 aromatic heterocycles. The molecule has 0 aliphatic heterocycles. The van der Waals surface area contributed by atoms with Gasteiger partial charge in [0, 0.05) is 19.6 Å². The number of nitrogens with zero attached hydrogens (tertiary/aromatic N) is 1. The maximum Gasteiger partial charge on any atom is 0.115 e. The van der Waals surface area contributed by atoms with Gasteiger partial charge in [0.1, 0.15) is 5.75 Å². The Bertz CT molecular complexity index is 562. The quantitative estimate of drug-likeness (QED) is 0.782. The summed E-state index contributed by atoms with van der Waals surface area (Å²) in [4.78, 5) is 2.41. The molecule has 2 aromatic rings. The second kappa shape index (κ2) is 8.57. The van der Waals surface area contributed by atoms with Crippen molar-refractivity contribution in [3.63, 3.8) is 0 Å². The number of aromatic hydroxyl groups is 1. The van der Waals surface area contributed by atoms with Gasteiger partial charge in [0.25, 0.3) is 0 Å². The second-order valence-corrected chi connectivity index (χ2v) is 5.55. The Balaban J connectivity index is 1.81. The second-order valence-electron chi connectivity index (χ2n) is 5.55. The molecule has 2 N–H and O–H groups in total. The van der Waals surface area contributed by atoms with Gasteiger partial charge in [0.15, 0.2) is 0 Å². The molecule has 0 fully saturated rings. The van der Waals surface area contributed by atoms with E-state index in [0.717, 1.165) is 38.3 Å². The Hall–Kier alpha value is -1.84. The lowest BCUT2D eigenvalue weighted by atomic mass is 10.1. The van der Waals surface area contributed by atoms with E-state index in [2.05, 4.69) is 48.3 Å². The van der Waals surface area contributed by atoms with Crippen LogP contribution in [0.1, 0.15) is 30.5 Å². The van der Waals surface area contributed by atoms with Crippen LogP contribution in [0, 0.1) is 0 Å². The molecule has 2 aromatic carbocycles. The van der Waals surface area contributed by atoms with Crippen LogP contribution in [0.15, 0.2) is 48.5 Å². The summed E-state index contributed by atoms with van der Waals surface area (Å²) in [7, 11) is 0. The van der Waals surface area contributed by atoms with E-state index < -0.39 is 0 Å². The minimum absolute atomic E-state index is 0.319. The molecular formula is C19H26N2O. The summed E-state index contributed by atoms with van der Waals surface area (Å²) in [5.41, 5.74) is 3.74. The van der Waals surface area contributed by atoms with Crippen LogP contribution in [0.5, 0.6) is 5.75 Å². The van der Waals surface area contributed by atoms with Gasteiger partial charge in [0.2, 0.25) is 0 Å². The van der Waals surface area contributed by atoms with Gasteiger partial charge in [0.05, 0.1) is 0 Å². The molecule has 3 heteroatoms. The first-order valence-electron chi connectivity index (χ1n) is 8.00. The third-order valence-corrected chi connectivity index (χ3v) is 3.89. The number of nitrogens with one attached hydrogen (secondary N) is 1. The van der Waals surface area contributed by atoms with Crippen molar-refractivity contribution < 1.29 is 5.11 Å². The minimum Gasteiger partial charge on any atom is -0.508 e. The molecule has 0 spiro atoms. The normalized spacial score (nSPS) is 11.0. The van der Waals surface area contributed by atoms with Gasteiger partial charge in [-0.2, -0.15) is 0 Å². The van der Waals surface area contributed by atoms with Crippen LogP contribution in [0.2, 0.25) is 0 Å². The van der Waals surface area contributed by atoms with Gasteiger partial charge in [-0.1, -0.05) is 50.2 Å². The highest BCUT2D eigenvalue weighted by Gasteiger charge is 2.01. The molecule has 0 bridgehead atoms. The molecule has 0 aliphatic carbocycles. The zero-order chi connectivity index (χ0) is 15.8. The molecule has 0 saturated heterocycles. The Morgan fingerprint density at radius 1 is 0.864 bits per heavy atom. The summed E-state index contributed by atoms with van der Waals surface area (Å²) in [6.07, 6.45) is 0. The molecular weight excluding hydrogens is 272 g/mol. The van der Waals surface area contributed by atoms with E-state index in [9.17, 15) is 5.11 Å². The molecule has 0 unspecified atom stereocenters. The van der Waals surface area contributed by atoms with Crippen LogP contribution in [0.4, 0.5) is 0 Å². The summed E-state index contributed by atoms with van der Waals surface area (Å²) in [6, 6.07) is 16.2. The SMILES string of the molecule is CCN(CC)Cc1ccc(CNCc2cccc(O)c2)cc1. The highest BCUT2D eigenvalue weighted by atomic mass is 16.3. The molecule has 0 radical (unpaired) electrons. The average molecular weight is 298 g/mol. The highest BCUT2D eigenvalue weighted by Crippen LogP contribution is 2.11. The maximum atomic E-state index is 9.44. The molecule has 0 saturated carbocycles. The molecule has 0 heterocycles. The predicted molar refractivity (Wildman–Crippen MR) is 91.7 cm³/mol. The Morgan fingerprint density at radius 3 is 2.14 bits per heavy atom. The topological polar surface area (TPSA) is 35.5 Å². The Morgan fingerprint density at radius 2 is 1.50 bits per heavy atom. The average Bonchev–Trinajstić information content (AvgIpc) is 2.54. The van der Waals surface area contributed by atoms with E-state index in [-0.39, 0.29) is 0 Å². The predicted octanol–water partition coefficient (Wildman–Crippen LogP) is 3.52. The monoisotopic (exact) mass is 298 g/mol. The number of phenols is 1. The van der Waals surface area contributed by atoms with E-state index in [0.29, 0.717) is 5.75 Å². The van der Waals surface area contributed by atoms with Crippen molar-refractivity contribution in [2.45, 2.75) is 33.5 Å². The van der Waals surface area contributed by atoms with E-state index in [1.54, 1.807) is 12.1 Å². The molecule has 0 atom stereocenters. The van der Waals surface area contributed by atoms with Crippen molar-refractivity contribution in [1.82, 2.24) is 10.2 Å². The summed E-state index contributed by atoms with van der Waals surface area (Å²) in [5, 5.41) is 12.8. The van der Waals surface area contributed by atoms with Crippen molar-refractivity contribution in [1.29, 1.82) is 0 Å². The third-order valence-electron chi connectivity index (χ3n) is 3.89. The van der Waals surface area contributed by atoms with E-state index in [4.69, 9.17) is 0 Å². The van der Waals surface area contributed by atoms with E-state index in [1.165, 1.54) is 11.1 Å². The smallest absolute Gasteiger partial charge is 0.115 e. The van der Waals surface area contributed by atoms with Crippen LogP contribution < -0.4 is 5.32 Å². The molecule has 2 rings (SSSR count). The lowest BCUT2D eigenvalue weighted by Crippen LogP contribution is -2.22. The van der Waals surface area contributed by atoms with Crippen LogP contribution in [-0.4, -0.2) is 23.1 Å². The molecule has 3 nitrogen and oxygen atoms in total. The van der Waals surface area contributed by atoms with Gasteiger partial charge in [-0.05, 0) is 41.9 Å². The fourth-order valence-corrected chi connectivity index (χ4v) is 2.49. The molecule has 0 aliphatic rings. The lowest BCUT2D eigenvalue weighted by molar-refractivity contribution is 0.296. The van der Waals surface area contributed by atoms with Gasteiger partial charge in [-0.3, -0.25) is 4.90 Å². The van der Waals surface area contributed by atoms with E-state index in [1.807, 2.05) is 12.1 Å². The van der Waals surface area contributed by atoms with Gasteiger partial charge in [-0.25, -0.2) is 0 Å². The first-order chi connectivity index (χ1) is 10.7. The fourth-order valence-electron chi connectivity index (χ4n) is 2.49. The van der Waals surface area contributed by atoms with Gasteiger partial charge < -0.3 is 10.4 Å². The number of rotatable bonds is 8. The first-order valence-corrected chi connectivity index (χ1v) is 8.00. The molecule has 22 heavy (non-hydrogen) atoms. The van der Waals surface area contributed by atoms with Crippen molar-refractivity contribution in [2.75, 3.05) is 13.1 Å². The fraction of sp³-hybridized carbons (Fsp3) is 0.368. The number of phenolic OH excluding ortho intramolecular Hbond substituents is 1. The van der Waals surface area contributed by atoms with E-state index >= 15 is 0 Å². The Labute approximate surface area is 133 Å². The molecule has 0 amide bonds. The standard InChI is InChI=1S/C19H26N2O/c1-3-21(4-2)15-17-10-8-16(9-11-17)13-20-14-18-6-5-7-19(22)12-18/h5-12,20,22H,3-4,13-15H2,1-2H3. The van der Waals surface area contributed by atoms with Crippen LogP contribution in [0.3, 0.4) is 0 Å². The van der Waals surface area contributed by atoms with Gasteiger partial charge in [-0.15, -0.1) is 0 Å². The number of hydrogen-bond donors (Lipinski definition) is 2. The van der Waals surface area contributed by atoms with Crippen molar-refractivity contribution >= 4 is 0 Å². The largest absolute Gasteiger partial charge is 0.508 e. The Kier molecular flexibility index (Phi) is 6.44. The highest BCUT2D eigenvalue weighted by molar-refractivity contribution is 5.27. The summed E-state index contributed by atoms with van der Waals surface area (Å²) < 4.78 is 0. The number of hydrogen-bond acceptors (Lipinski definition) is 3. The summed E-state index contributed by atoms with van der Waals surface area (Å²) >= 11 is 0.